The number of rotatable bonds is 7. The summed E-state index contributed by atoms with van der Waals surface area (Å²) in [7, 11) is 0. The maximum Gasteiger partial charge on any atom is 0.414 e. The van der Waals surface area contributed by atoms with Gasteiger partial charge in [-0.05, 0) is 36.6 Å². The molecule has 158 valence electrons. The van der Waals surface area contributed by atoms with Crippen molar-refractivity contribution >= 4 is 23.6 Å². The van der Waals surface area contributed by atoms with Crippen LogP contribution in [0, 0.1) is 0 Å². The predicted molar refractivity (Wildman–Crippen MR) is 117 cm³/mol. The third-order valence-corrected chi connectivity index (χ3v) is 4.92. The summed E-state index contributed by atoms with van der Waals surface area (Å²) in [6.45, 7) is 0.759. The number of nitrogens with one attached hydrogen (secondary N) is 2. The molecule has 1 fully saturated rings. The van der Waals surface area contributed by atoms with Crippen molar-refractivity contribution in [2.75, 3.05) is 16.8 Å². The van der Waals surface area contributed by atoms with Gasteiger partial charge in [-0.1, -0.05) is 36.4 Å². The lowest BCUT2D eigenvalue weighted by molar-refractivity contribution is 0.137. The van der Waals surface area contributed by atoms with Gasteiger partial charge in [0.2, 0.25) is 0 Å². The van der Waals surface area contributed by atoms with E-state index >= 15 is 0 Å². The monoisotopic (exact) mass is 417 g/mol. The number of nitrogens with zero attached hydrogens (tertiary/aromatic N) is 3. The fourth-order valence-corrected chi connectivity index (χ4v) is 3.34. The van der Waals surface area contributed by atoms with Gasteiger partial charge in [-0.25, -0.2) is 14.6 Å². The predicted octanol–water partition coefficient (Wildman–Crippen LogP) is 3.76. The number of anilines is 2. The zero-order valence-electron chi connectivity index (χ0n) is 16.9. The molecular formula is C23H23N5O3. The summed E-state index contributed by atoms with van der Waals surface area (Å²) in [6.07, 6.45) is 4.23. The van der Waals surface area contributed by atoms with Crippen molar-refractivity contribution in [1.82, 2.24) is 15.3 Å². The molecule has 4 rings (SSSR count). The van der Waals surface area contributed by atoms with Crippen LogP contribution < -0.4 is 15.5 Å². The lowest BCUT2D eigenvalue weighted by Gasteiger charge is -2.14. The molecule has 8 nitrogen and oxygen atoms in total. The molecular weight excluding hydrogens is 394 g/mol. The fraction of sp³-hybridized carbons (Fsp3) is 0.217. The van der Waals surface area contributed by atoms with Crippen molar-refractivity contribution in [3.8, 4) is 0 Å². The van der Waals surface area contributed by atoms with Crippen molar-refractivity contribution in [2.45, 2.75) is 25.5 Å². The summed E-state index contributed by atoms with van der Waals surface area (Å²) in [5.41, 5.74) is 2.59. The summed E-state index contributed by atoms with van der Waals surface area (Å²) in [4.78, 5) is 34.4. The summed E-state index contributed by atoms with van der Waals surface area (Å²) < 4.78 is 5.52. The van der Waals surface area contributed by atoms with Crippen molar-refractivity contribution in [2.24, 2.45) is 0 Å². The Hall–Kier alpha value is -3.94. The molecule has 1 aliphatic heterocycles. The van der Waals surface area contributed by atoms with Crippen LogP contribution in [-0.2, 0) is 17.7 Å². The Balaban J connectivity index is 1.32. The summed E-state index contributed by atoms with van der Waals surface area (Å²) in [5, 5.41) is 5.41. The average Bonchev–Trinajstić information content (AvgIpc) is 3.18. The maximum atomic E-state index is 12.4. The number of carbonyl (C=O) groups is 2. The minimum atomic E-state index is -0.403. The highest BCUT2D eigenvalue weighted by Gasteiger charge is 2.32. The number of urea groups is 1. The molecule has 2 aromatic heterocycles. The fourth-order valence-electron chi connectivity index (χ4n) is 3.34. The lowest BCUT2D eigenvalue weighted by atomic mass is 10.1. The molecule has 0 spiro atoms. The zero-order chi connectivity index (χ0) is 21.5. The average molecular weight is 417 g/mol. The van der Waals surface area contributed by atoms with E-state index < -0.39 is 12.1 Å². The number of carbonyl (C=O) groups excluding carboxylic acids is 2. The molecule has 2 N–H and O–H groups in total. The number of pyridine rings is 2. The van der Waals surface area contributed by atoms with Crippen molar-refractivity contribution in [3.63, 3.8) is 0 Å². The van der Waals surface area contributed by atoms with E-state index in [1.54, 1.807) is 29.4 Å². The van der Waals surface area contributed by atoms with Gasteiger partial charge in [-0.2, -0.15) is 0 Å². The van der Waals surface area contributed by atoms with Crippen LogP contribution in [0.15, 0.2) is 73.1 Å². The number of cyclic esters (lactones) is 1. The number of aromatic nitrogens is 2. The van der Waals surface area contributed by atoms with Crippen molar-refractivity contribution < 1.29 is 14.3 Å². The van der Waals surface area contributed by atoms with Gasteiger partial charge < -0.3 is 10.1 Å². The lowest BCUT2D eigenvalue weighted by Crippen LogP contribution is -2.29. The molecule has 1 atom stereocenters. The van der Waals surface area contributed by atoms with E-state index in [9.17, 15) is 9.59 Å². The Morgan fingerprint density at radius 1 is 1.06 bits per heavy atom. The Bertz CT molecular complexity index is 1030. The number of benzene rings is 1. The molecule has 8 heteroatoms. The number of amides is 3. The SMILES string of the molecule is O=C(NCc1ccccn1)Nc1cc(N2CC(CCc3ccccc3)OC2=O)ccn1. The van der Waals surface area contributed by atoms with E-state index in [1.165, 1.54) is 5.56 Å². The molecule has 1 unspecified atom stereocenters. The van der Waals surface area contributed by atoms with Crippen LogP contribution in [0.5, 0.6) is 0 Å². The van der Waals surface area contributed by atoms with Crippen LogP contribution in [0.3, 0.4) is 0 Å². The van der Waals surface area contributed by atoms with Gasteiger partial charge in [-0.3, -0.25) is 15.2 Å². The van der Waals surface area contributed by atoms with E-state index in [-0.39, 0.29) is 6.10 Å². The van der Waals surface area contributed by atoms with Gasteiger partial charge >= 0.3 is 12.1 Å². The Labute approximate surface area is 180 Å². The number of ether oxygens (including phenoxy) is 1. The van der Waals surface area contributed by atoms with Crippen molar-refractivity contribution in [3.05, 3.63) is 84.3 Å². The normalized spacial score (nSPS) is 15.4. The van der Waals surface area contributed by atoms with Gasteiger partial charge in [0.25, 0.3) is 0 Å². The van der Waals surface area contributed by atoms with E-state index in [0.717, 1.165) is 18.5 Å². The van der Waals surface area contributed by atoms with Crippen LogP contribution in [-0.4, -0.2) is 34.7 Å². The smallest absolute Gasteiger partial charge is 0.414 e. The first-order valence-electron chi connectivity index (χ1n) is 10.1. The summed E-state index contributed by atoms with van der Waals surface area (Å²) in [6, 6.07) is 18.6. The molecule has 3 heterocycles. The van der Waals surface area contributed by atoms with Crippen LogP contribution in [0.2, 0.25) is 0 Å². The van der Waals surface area contributed by atoms with Crippen LogP contribution in [0.4, 0.5) is 21.1 Å². The number of hydrogen-bond acceptors (Lipinski definition) is 5. The molecule has 3 aromatic rings. The molecule has 1 aliphatic rings. The molecule has 1 aromatic carbocycles. The van der Waals surface area contributed by atoms with Gasteiger partial charge in [0.15, 0.2) is 0 Å². The molecule has 31 heavy (non-hydrogen) atoms. The third-order valence-electron chi connectivity index (χ3n) is 4.92. The Kier molecular flexibility index (Phi) is 6.37. The van der Waals surface area contributed by atoms with Crippen molar-refractivity contribution in [1.29, 1.82) is 0 Å². The Morgan fingerprint density at radius 2 is 1.90 bits per heavy atom. The zero-order valence-corrected chi connectivity index (χ0v) is 16.9. The topological polar surface area (TPSA) is 96.5 Å². The van der Waals surface area contributed by atoms with Gasteiger partial charge in [0, 0.05) is 18.5 Å². The molecule has 0 radical (unpaired) electrons. The standard InChI is InChI=1S/C23H23N5O3/c29-22(26-15-18-8-4-5-12-24-18)27-21-14-19(11-13-25-21)28-16-20(31-23(28)30)10-9-17-6-2-1-3-7-17/h1-8,11-14,20H,9-10,15-16H2,(H2,25,26,27,29). The molecule has 1 saturated heterocycles. The Morgan fingerprint density at radius 3 is 2.71 bits per heavy atom. The minimum absolute atomic E-state index is 0.182. The third kappa shape index (κ3) is 5.57. The summed E-state index contributed by atoms with van der Waals surface area (Å²) in [5.74, 6) is 0.344. The molecule has 0 saturated carbocycles. The highest BCUT2D eigenvalue weighted by atomic mass is 16.6. The highest BCUT2D eigenvalue weighted by molar-refractivity contribution is 5.92. The van der Waals surface area contributed by atoms with Crippen LogP contribution in [0.1, 0.15) is 17.7 Å². The first kappa shape index (κ1) is 20.3. The summed E-state index contributed by atoms with van der Waals surface area (Å²) >= 11 is 0. The van der Waals surface area contributed by atoms with Gasteiger partial charge in [0.1, 0.15) is 11.9 Å². The minimum Gasteiger partial charge on any atom is -0.444 e. The van der Waals surface area contributed by atoms with Gasteiger partial charge in [-0.15, -0.1) is 0 Å². The molecule has 3 amide bonds. The number of aryl methyl sites for hydroxylation is 1. The second-order valence-electron chi connectivity index (χ2n) is 7.17. The highest BCUT2D eigenvalue weighted by Crippen LogP contribution is 2.25. The van der Waals surface area contributed by atoms with E-state index in [2.05, 4.69) is 32.7 Å². The molecule has 0 bridgehead atoms. The molecule has 0 aliphatic carbocycles. The maximum absolute atomic E-state index is 12.4. The number of hydrogen-bond donors (Lipinski definition) is 2. The second kappa shape index (κ2) is 9.71. The van der Waals surface area contributed by atoms with Crippen LogP contribution in [0.25, 0.3) is 0 Å². The van der Waals surface area contributed by atoms with E-state index in [4.69, 9.17) is 4.74 Å². The quantitative estimate of drug-likeness (QED) is 0.610. The first-order chi connectivity index (χ1) is 15.2. The van der Waals surface area contributed by atoms with E-state index in [0.29, 0.717) is 24.6 Å². The second-order valence-corrected chi connectivity index (χ2v) is 7.17. The van der Waals surface area contributed by atoms with Gasteiger partial charge in [0.05, 0.1) is 24.5 Å². The van der Waals surface area contributed by atoms with Crippen LogP contribution >= 0.6 is 0 Å². The largest absolute Gasteiger partial charge is 0.444 e. The first-order valence-corrected chi connectivity index (χ1v) is 10.1. The van der Waals surface area contributed by atoms with E-state index in [1.807, 2.05) is 36.4 Å².